The Hall–Kier alpha value is -2.48. The maximum atomic E-state index is 12.6. The summed E-state index contributed by atoms with van der Waals surface area (Å²) in [6, 6.07) is 6.94. The smallest absolute Gasteiger partial charge is 0.410 e. The molecule has 1 aromatic carbocycles. The number of carbonyl (C=O) groups excluding carboxylic acids is 2. The molecule has 2 rings (SSSR count). The van der Waals surface area contributed by atoms with Crippen molar-refractivity contribution in [3.05, 3.63) is 35.4 Å². The van der Waals surface area contributed by atoms with E-state index in [9.17, 15) is 9.59 Å². The van der Waals surface area contributed by atoms with Gasteiger partial charge in [-0.15, -0.1) is 6.42 Å². The van der Waals surface area contributed by atoms with E-state index in [0.717, 1.165) is 0 Å². The Morgan fingerprint density at radius 3 is 2.58 bits per heavy atom. The van der Waals surface area contributed by atoms with E-state index in [1.165, 1.54) is 0 Å². The highest BCUT2D eigenvalue weighted by Crippen LogP contribution is 2.17. The topological polar surface area (TPSA) is 49.9 Å². The standard InChI is InChI=1S/C19H24N2O3/c1-6-15-8-7-9-16(12-15)17(22)20-10-11-21(14(2)13-20)18(23)24-19(3,4)5/h1,7-9,12,14H,10-11,13H2,2-5H3/t14-/m0/s1. The molecule has 1 heterocycles. The Balaban J connectivity index is 2.03. The summed E-state index contributed by atoms with van der Waals surface area (Å²) in [6.45, 7) is 8.84. The number of piperazine rings is 1. The van der Waals surface area contributed by atoms with Crippen molar-refractivity contribution in [1.82, 2.24) is 9.80 Å². The molecule has 1 aromatic rings. The zero-order chi connectivity index (χ0) is 17.9. The van der Waals surface area contributed by atoms with Crippen LogP contribution in [0.4, 0.5) is 4.79 Å². The highest BCUT2D eigenvalue weighted by molar-refractivity contribution is 5.94. The summed E-state index contributed by atoms with van der Waals surface area (Å²) in [5.74, 6) is 2.47. The number of ether oxygens (including phenoxy) is 1. The van der Waals surface area contributed by atoms with Gasteiger partial charge < -0.3 is 14.5 Å². The summed E-state index contributed by atoms with van der Waals surface area (Å²) in [7, 11) is 0. The van der Waals surface area contributed by atoms with E-state index in [0.29, 0.717) is 30.8 Å². The van der Waals surface area contributed by atoms with Crippen molar-refractivity contribution in [2.45, 2.75) is 39.3 Å². The largest absolute Gasteiger partial charge is 0.444 e. The summed E-state index contributed by atoms with van der Waals surface area (Å²) in [6.07, 6.45) is 5.05. The van der Waals surface area contributed by atoms with Gasteiger partial charge in [0, 0.05) is 36.8 Å². The minimum atomic E-state index is -0.528. The van der Waals surface area contributed by atoms with E-state index in [-0.39, 0.29) is 18.0 Å². The number of hydrogen-bond donors (Lipinski definition) is 0. The van der Waals surface area contributed by atoms with Gasteiger partial charge in [-0.05, 0) is 45.9 Å². The van der Waals surface area contributed by atoms with Gasteiger partial charge in [-0.25, -0.2) is 4.79 Å². The van der Waals surface area contributed by atoms with Gasteiger partial charge in [-0.3, -0.25) is 4.79 Å². The Morgan fingerprint density at radius 2 is 2.00 bits per heavy atom. The van der Waals surface area contributed by atoms with Crippen molar-refractivity contribution >= 4 is 12.0 Å². The van der Waals surface area contributed by atoms with Gasteiger partial charge in [0.25, 0.3) is 5.91 Å². The van der Waals surface area contributed by atoms with Crippen molar-refractivity contribution in [3.63, 3.8) is 0 Å². The molecule has 0 N–H and O–H groups in total. The van der Waals surface area contributed by atoms with Crippen LogP contribution in [-0.4, -0.2) is 53.1 Å². The van der Waals surface area contributed by atoms with Crippen molar-refractivity contribution in [1.29, 1.82) is 0 Å². The second-order valence-electron chi connectivity index (χ2n) is 7.00. The third-order valence-electron chi connectivity index (χ3n) is 3.82. The Bertz CT molecular complexity index is 670. The highest BCUT2D eigenvalue weighted by atomic mass is 16.6. The first-order chi connectivity index (χ1) is 11.2. The number of benzene rings is 1. The molecular formula is C19H24N2O3. The molecule has 1 saturated heterocycles. The molecule has 5 nitrogen and oxygen atoms in total. The lowest BCUT2D eigenvalue weighted by Gasteiger charge is -2.40. The van der Waals surface area contributed by atoms with Crippen LogP contribution in [0.5, 0.6) is 0 Å². The second-order valence-corrected chi connectivity index (χ2v) is 7.00. The van der Waals surface area contributed by atoms with Crippen molar-refractivity contribution in [2.75, 3.05) is 19.6 Å². The van der Waals surface area contributed by atoms with Gasteiger partial charge in [0.1, 0.15) is 5.60 Å². The van der Waals surface area contributed by atoms with Crippen LogP contribution in [0, 0.1) is 12.3 Å². The molecule has 5 heteroatoms. The number of amides is 2. The number of rotatable bonds is 1. The van der Waals surface area contributed by atoms with E-state index in [4.69, 9.17) is 11.2 Å². The molecule has 1 aliphatic heterocycles. The Kier molecular flexibility index (Phi) is 5.18. The molecule has 0 saturated carbocycles. The van der Waals surface area contributed by atoms with Gasteiger partial charge in [-0.2, -0.15) is 0 Å². The van der Waals surface area contributed by atoms with Crippen LogP contribution < -0.4 is 0 Å². The summed E-state index contributed by atoms with van der Waals surface area (Å²) >= 11 is 0. The van der Waals surface area contributed by atoms with Crippen LogP contribution in [0.1, 0.15) is 43.6 Å². The number of nitrogens with zero attached hydrogens (tertiary/aromatic N) is 2. The van der Waals surface area contributed by atoms with Gasteiger partial charge in [-0.1, -0.05) is 12.0 Å². The summed E-state index contributed by atoms with van der Waals surface area (Å²) in [5, 5.41) is 0. The number of hydrogen-bond acceptors (Lipinski definition) is 3. The monoisotopic (exact) mass is 328 g/mol. The van der Waals surface area contributed by atoms with Crippen LogP contribution in [-0.2, 0) is 4.74 Å². The Morgan fingerprint density at radius 1 is 1.29 bits per heavy atom. The third-order valence-corrected chi connectivity index (χ3v) is 3.82. The lowest BCUT2D eigenvalue weighted by atomic mass is 10.1. The molecule has 0 aliphatic carbocycles. The highest BCUT2D eigenvalue weighted by Gasteiger charge is 2.32. The maximum absolute atomic E-state index is 12.6. The molecule has 0 aromatic heterocycles. The molecule has 2 amide bonds. The quantitative estimate of drug-likeness (QED) is 0.745. The van der Waals surface area contributed by atoms with E-state index < -0.39 is 5.60 Å². The first kappa shape index (κ1) is 17.9. The van der Waals surface area contributed by atoms with Crippen molar-refractivity contribution in [3.8, 4) is 12.3 Å². The van der Waals surface area contributed by atoms with E-state index in [1.807, 2.05) is 27.7 Å². The average molecular weight is 328 g/mol. The summed E-state index contributed by atoms with van der Waals surface area (Å²) in [5.41, 5.74) is 0.726. The summed E-state index contributed by atoms with van der Waals surface area (Å²) in [4.78, 5) is 28.3. The van der Waals surface area contributed by atoms with Gasteiger partial charge >= 0.3 is 6.09 Å². The molecular weight excluding hydrogens is 304 g/mol. The average Bonchev–Trinajstić information content (AvgIpc) is 2.52. The molecule has 128 valence electrons. The minimum absolute atomic E-state index is 0.0669. The van der Waals surface area contributed by atoms with E-state index in [2.05, 4.69) is 5.92 Å². The molecule has 1 fully saturated rings. The van der Waals surface area contributed by atoms with E-state index in [1.54, 1.807) is 34.1 Å². The van der Waals surface area contributed by atoms with Crippen molar-refractivity contribution in [2.24, 2.45) is 0 Å². The van der Waals surface area contributed by atoms with Crippen LogP contribution in [0.15, 0.2) is 24.3 Å². The predicted octanol–water partition coefficient (Wildman–Crippen LogP) is 2.75. The van der Waals surface area contributed by atoms with Crippen LogP contribution in [0.25, 0.3) is 0 Å². The lowest BCUT2D eigenvalue weighted by molar-refractivity contribution is 0.00198. The number of carbonyl (C=O) groups is 2. The molecule has 0 unspecified atom stereocenters. The van der Waals surface area contributed by atoms with Gasteiger partial charge in [0.15, 0.2) is 0 Å². The molecule has 0 spiro atoms. The van der Waals surface area contributed by atoms with E-state index >= 15 is 0 Å². The third kappa shape index (κ3) is 4.29. The van der Waals surface area contributed by atoms with Gasteiger partial charge in [0.05, 0.1) is 0 Å². The lowest BCUT2D eigenvalue weighted by Crippen LogP contribution is -2.56. The Labute approximate surface area is 143 Å². The zero-order valence-corrected chi connectivity index (χ0v) is 14.7. The zero-order valence-electron chi connectivity index (χ0n) is 14.7. The fraction of sp³-hybridized carbons (Fsp3) is 0.474. The van der Waals surface area contributed by atoms with Gasteiger partial charge in [0.2, 0.25) is 0 Å². The molecule has 0 radical (unpaired) electrons. The normalized spacial score (nSPS) is 18.0. The second kappa shape index (κ2) is 6.96. The molecule has 0 bridgehead atoms. The fourth-order valence-electron chi connectivity index (χ4n) is 2.66. The SMILES string of the molecule is C#Cc1cccc(C(=O)N2CCN(C(=O)OC(C)(C)C)[C@@H](C)C2)c1. The first-order valence-corrected chi connectivity index (χ1v) is 8.07. The molecule has 1 atom stereocenters. The first-order valence-electron chi connectivity index (χ1n) is 8.07. The fourth-order valence-corrected chi connectivity index (χ4v) is 2.66. The van der Waals surface area contributed by atoms with Crippen molar-refractivity contribution < 1.29 is 14.3 Å². The predicted molar refractivity (Wildman–Crippen MR) is 92.7 cm³/mol. The molecule has 24 heavy (non-hydrogen) atoms. The van der Waals surface area contributed by atoms with Crippen LogP contribution in [0.3, 0.4) is 0 Å². The maximum Gasteiger partial charge on any atom is 0.410 e. The summed E-state index contributed by atoms with van der Waals surface area (Å²) < 4.78 is 5.42. The van der Waals surface area contributed by atoms with Crippen LogP contribution in [0.2, 0.25) is 0 Å². The minimum Gasteiger partial charge on any atom is -0.444 e. The molecule has 1 aliphatic rings. The van der Waals surface area contributed by atoms with Crippen LogP contribution >= 0.6 is 0 Å². The number of terminal acetylenes is 1.